The normalized spacial score (nSPS) is 22.4. The van der Waals surface area contributed by atoms with E-state index < -0.39 is 0 Å². The third-order valence-corrected chi connectivity index (χ3v) is 6.57. The molecule has 1 N–H and O–H groups in total. The van der Waals surface area contributed by atoms with Gasteiger partial charge in [0, 0.05) is 32.7 Å². The summed E-state index contributed by atoms with van der Waals surface area (Å²) in [4.78, 5) is 18.2. The van der Waals surface area contributed by atoms with Crippen LogP contribution in [0.2, 0.25) is 0 Å². The Morgan fingerprint density at radius 1 is 0.968 bits per heavy atom. The molecule has 166 valence electrons. The maximum atomic E-state index is 13.1. The molecule has 0 radical (unpaired) electrons. The summed E-state index contributed by atoms with van der Waals surface area (Å²) >= 11 is 0. The van der Waals surface area contributed by atoms with Gasteiger partial charge in [0.2, 0.25) is 5.91 Å². The van der Waals surface area contributed by atoms with Crippen molar-refractivity contribution in [2.75, 3.05) is 39.8 Å². The fraction of sp³-hybridized carbons (Fsp3) is 0.500. The molecule has 2 heterocycles. The van der Waals surface area contributed by atoms with Crippen LogP contribution in [0.5, 0.6) is 5.75 Å². The molecule has 0 aliphatic carbocycles. The number of hydrogen-bond acceptors (Lipinski definition) is 4. The van der Waals surface area contributed by atoms with Crippen LogP contribution < -0.4 is 10.1 Å². The molecule has 0 unspecified atom stereocenters. The van der Waals surface area contributed by atoms with Gasteiger partial charge in [-0.05, 0) is 61.5 Å². The average Bonchev–Trinajstić information content (AvgIpc) is 3.31. The molecule has 0 bridgehead atoms. The quantitative estimate of drug-likeness (QED) is 0.708. The summed E-state index contributed by atoms with van der Waals surface area (Å²) in [5, 5.41) is 3.18. The number of nitrogens with one attached hydrogen (secondary N) is 1. The van der Waals surface area contributed by atoms with E-state index in [9.17, 15) is 4.79 Å². The Morgan fingerprint density at radius 3 is 2.42 bits per heavy atom. The maximum absolute atomic E-state index is 13.1. The van der Waals surface area contributed by atoms with Crippen molar-refractivity contribution in [3.63, 3.8) is 0 Å². The van der Waals surface area contributed by atoms with Crippen molar-refractivity contribution in [1.82, 2.24) is 15.1 Å². The number of benzene rings is 2. The molecule has 0 saturated carbocycles. The smallest absolute Gasteiger partial charge is 0.224 e. The van der Waals surface area contributed by atoms with Gasteiger partial charge in [-0.15, -0.1) is 0 Å². The minimum atomic E-state index is 0.0447. The van der Waals surface area contributed by atoms with Crippen molar-refractivity contribution in [3.8, 4) is 5.75 Å². The predicted molar refractivity (Wildman–Crippen MR) is 124 cm³/mol. The van der Waals surface area contributed by atoms with Crippen molar-refractivity contribution >= 4 is 5.91 Å². The van der Waals surface area contributed by atoms with Crippen LogP contribution in [0.4, 0.5) is 0 Å². The van der Waals surface area contributed by atoms with Gasteiger partial charge in [-0.25, -0.2) is 0 Å². The third-order valence-electron chi connectivity index (χ3n) is 6.57. The second-order valence-electron chi connectivity index (χ2n) is 9.05. The van der Waals surface area contributed by atoms with Crippen LogP contribution in [-0.2, 0) is 17.9 Å². The van der Waals surface area contributed by atoms with Gasteiger partial charge in [-0.1, -0.05) is 42.5 Å². The SMILES string of the molecule is COc1ccc(CNC(=O)[C@@H]2C[C@H](CN3CCCC3)CN(Cc3ccccc3)C2)cc1. The summed E-state index contributed by atoms with van der Waals surface area (Å²) in [7, 11) is 1.67. The first-order valence-electron chi connectivity index (χ1n) is 11.6. The Hall–Kier alpha value is -2.37. The van der Waals surface area contributed by atoms with Crippen molar-refractivity contribution < 1.29 is 9.53 Å². The van der Waals surface area contributed by atoms with Crippen LogP contribution in [-0.4, -0.2) is 55.5 Å². The number of nitrogens with zero attached hydrogens (tertiary/aromatic N) is 2. The number of likely N-dealkylation sites (tertiary alicyclic amines) is 2. The van der Waals surface area contributed by atoms with Crippen LogP contribution >= 0.6 is 0 Å². The zero-order valence-electron chi connectivity index (χ0n) is 18.6. The number of rotatable bonds is 8. The number of carbonyl (C=O) groups excluding carboxylic acids is 1. The molecule has 2 saturated heterocycles. The molecular weight excluding hydrogens is 386 g/mol. The lowest BCUT2D eigenvalue weighted by molar-refractivity contribution is -0.127. The molecule has 4 rings (SSSR count). The second-order valence-corrected chi connectivity index (χ2v) is 9.05. The Morgan fingerprint density at radius 2 is 1.71 bits per heavy atom. The number of ether oxygens (including phenoxy) is 1. The van der Waals surface area contributed by atoms with Gasteiger partial charge in [0.1, 0.15) is 5.75 Å². The minimum absolute atomic E-state index is 0.0447. The predicted octanol–water partition coefficient (Wildman–Crippen LogP) is 3.55. The summed E-state index contributed by atoms with van der Waals surface area (Å²) in [5.41, 5.74) is 2.42. The molecule has 2 aromatic rings. The lowest BCUT2D eigenvalue weighted by Crippen LogP contribution is -2.48. The summed E-state index contributed by atoms with van der Waals surface area (Å²) in [6.07, 6.45) is 3.61. The topological polar surface area (TPSA) is 44.8 Å². The third kappa shape index (κ3) is 6.31. The molecule has 1 amide bonds. The first kappa shape index (κ1) is 21.8. The summed E-state index contributed by atoms with van der Waals surface area (Å²) < 4.78 is 5.22. The zero-order chi connectivity index (χ0) is 21.5. The molecular formula is C26H35N3O2. The number of carbonyl (C=O) groups is 1. The molecule has 0 spiro atoms. The molecule has 2 aliphatic heterocycles. The maximum Gasteiger partial charge on any atom is 0.224 e. The van der Waals surface area contributed by atoms with Crippen molar-refractivity contribution in [1.29, 1.82) is 0 Å². The highest BCUT2D eigenvalue weighted by atomic mass is 16.5. The van der Waals surface area contributed by atoms with E-state index in [1.807, 2.05) is 24.3 Å². The molecule has 2 aromatic carbocycles. The van der Waals surface area contributed by atoms with Gasteiger partial charge in [0.05, 0.1) is 13.0 Å². The molecule has 5 heteroatoms. The van der Waals surface area contributed by atoms with Crippen molar-refractivity contribution in [2.24, 2.45) is 11.8 Å². The Balaban J connectivity index is 1.37. The van der Waals surface area contributed by atoms with Crippen molar-refractivity contribution in [2.45, 2.75) is 32.4 Å². The van der Waals surface area contributed by atoms with E-state index in [1.54, 1.807) is 7.11 Å². The van der Waals surface area contributed by atoms with Crippen LogP contribution in [0, 0.1) is 11.8 Å². The van der Waals surface area contributed by atoms with Crippen LogP contribution in [0.25, 0.3) is 0 Å². The summed E-state index contributed by atoms with van der Waals surface area (Å²) in [6, 6.07) is 18.5. The van der Waals surface area contributed by atoms with Crippen LogP contribution in [0.1, 0.15) is 30.4 Å². The largest absolute Gasteiger partial charge is 0.497 e. The zero-order valence-corrected chi connectivity index (χ0v) is 18.6. The first-order valence-corrected chi connectivity index (χ1v) is 11.6. The molecule has 31 heavy (non-hydrogen) atoms. The van der Waals surface area contributed by atoms with E-state index in [1.165, 1.54) is 31.5 Å². The van der Waals surface area contributed by atoms with E-state index in [0.29, 0.717) is 12.5 Å². The van der Waals surface area contributed by atoms with E-state index in [-0.39, 0.29) is 11.8 Å². The average molecular weight is 422 g/mol. The van der Waals surface area contributed by atoms with E-state index in [2.05, 4.69) is 45.4 Å². The Labute approximate surface area is 186 Å². The minimum Gasteiger partial charge on any atom is -0.497 e. The lowest BCUT2D eigenvalue weighted by Gasteiger charge is -2.38. The van der Waals surface area contributed by atoms with E-state index >= 15 is 0 Å². The Bertz CT molecular complexity index is 818. The molecule has 0 aromatic heterocycles. The summed E-state index contributed by atoms with van der Waals surface area (Å²) in [5.74, 6) is 1.61. The fourth-order valence-electron chi connectivity index (χ4n) is 5.00. The highest BCUT2D eigenvalue weighted by Crippen LogP contribution is 2.26. The van der Waals surface area contributed by atoms with Gasteiger partial charge in [0.25, 0.3) is 0 Å². The molecule has 5 nitrogen and oxygen atoms in total. The van der Waals surface area contributed by atoms with Gasteiger partial charge in [-0.3, -0.25) is 9.69 Å². The van der Waals surface area contributed by atoms with Gasteiger partial charge in [0.15, 0.2) is 0 Å². The number of piperidine rings is 1. The van der Waals surface area contributed by atoms with E-state index in [0.717, 1.165) is 43.9 Å². The van der Waals surface area contributed by atoms with Gasteiger partial charge in [-0.2, -0.15) is 0 Å². The highest BCUT2D eigenvalue weighted by molar-refractivity contribution is 5.79. The highest BCUT2D eigenvalue weighted by Gasteiger charge is 2.32. The lowest BCUT2D eigenvalue weighted by atomic mass is 9.87. The van der Waals surface area contributed by atoms with Gasteiger partial charge < -0.3 is 15.0 Å². The first-order chi connectivity index (χ1) is 15.2. The molecule has 2 fully saturated rings. The summed E-state index contributed by atoms with van der Waals surface area (Å²) in [6.45, 7) is 6.93. The van der Waals surface area contributed by atoms with Crippen LogP contribution in [0.3, 0.4) is 0 Å². The van der Waals surface area contributed by atoms with Crippen molar-refractivity contribution in [3.05, 3.63) is 65.7 Å². The van der Waals surface area contributed by atoms with E-state index in [4.69, 9.17) is 4.74 Å². The molecule has 2 atom stereocenters. The fourth-order valence-corrected chi connectivity index (χ4v) is 5.00. The Kier molecular flexibility index (Phi) is 7.60. The standard InChI is InChI=1S/C26H35N3O2/c1-31-25-11-9-21(10-12-25)16-27-26(30)24-15-23(18-28-13-5-6-14-28)19-29(20-24)17-22-7-3-2-4-8-22/h2-4,7-12,23-24H,5-6,13-20H2,1H3,(H,27,30)/t23-,24-/m1/s1. The van der Waals surface area contributed by atoms with Gasteiger partial charge >= 0.3 is 0 Å². The number of hydrogen-bond donors (Lipinski definition) is 1. The molecule has 2 aliphatic rings. The number of amides is 1. The monoisotopic (exact) mass is 421 g/mol. The second kappa shape index (κ2) is 10.8. The van der Waals surface area contributed by atoms with Crippen LogP contribution in [0.15, 0.2) is 54.6 Å². The number of methoxy groups -OCH3 is 1.